The van der Waals surface area contributed by atoms with Crippen LogP contribution in [-0.2, 0) is 15.0 Å². The van der Waals surface area contributed by atoms with Crippen LogP contribution in [0.5, 0.6) is 0 Å². The summed E-state index contributed by atoms with van der Waals surface area (Å²) in [5.41, 5.74) is 1.93. The van der Waals surface area contributed by atoms with Gasteiger partial charge in [0.15, 0.2) is 11.5 Å². The zero-order valence-electron chi connectivity index (χ0n) is 14.7. The van der Waals surface area contributed by atoms with Gasteiger partial charge >= 0.3 is 11.9 Å². The van der Waals surface area contributed by atoms with E-state index in [1.165, 1.54) is 0 Å². The summed E-state index contributed by atoms with van der Waals surface area (Å²) in [7, 11) is 0. The van der Waals surface area contributed by atoms with E-state index in [-0.39, 0.29) is 11.1 Å². The largest absolute Gasteiger partial charge is 0.480 e. The number of carboxylic acids is 2. The smallest absolute Gasteiger partial charge is 0.334 e. The van der Waals surface area contributed by atoms with E-state index in [0.717, 1.165) is 22.3 Å². The van der Waals surface area contributed by atoms with Crippen LogP contribution in [0.2, 0.25) is 0 Å². The summed E-state index contributed by atoms with van der Waals surface area (Å²) in [5.74, 6) is -2.99. The van der Waals surface area contributed by atoms with Crippen LogP contribution in [0.1, 0.15) is 33.4 Å². The molecular formula is C20H22O5. The van der Waals surface area contributed by atoms with Crippen LogP contribution in [0, 0.1) is 27.7 Å². The molecule has 1 unspecified atom stereocenters. The van der Waals surface area contributed by atoms with Crippen LogP contribution in [0.4, 0.5) is 0 Å². The summed E-state index contributed by atoms with van der Waals surface area (Å²) in [6.07, 6.45) is -2.13. The van der Waals surface area contributed by atoms with Crippen molar-refractivity contribution in [3.63, 3.8) is 0 Å². The highest BCUT2D eigenvalue weighted by Crippen LogP contribution is 2.38. The molecule has 5 nitrogen and oxygen atoms in total. The molecule has 0 aliphatic heterocycles. The van der Waals surface area contributed by atoms with Crippen molar-refractivity contribution < 1.29 is 24.9 Å². The lowest BCUT2D eigenvalue weighted by Gasteiger charge is -2.34. The van der Waals surface area contributed by atoms with Crippen molar-refractivity contribution in [1.29, 1.82) is 0 Å². The third-order valence-electron chi connectivity index (χ3n) is 4.91. The van der Waals surface area contributed by atoms with Crippen molar-refractivity contribution >= 4 is 11.9 Å². The highest BCUT2D eigenvalue weighted by Gasteiger charge is 2.52. The van der Waals surface area contributed by atoms with E-state index >= 15 is 0 Å². The van der Waals surface area contributed by atoms with Crippen LogP contribution in [-0.4, -0.2) is 33.4 Å². The molecular weight excluding hydrogens is 320 g/mol. The van der Waals surface area contributed by atoms with Gasteiger partial charge in [0.1, 0.15) is 0 Å². The van der Waals surface area contributed by atoms with Crippen molar-refractivity contribution in [2.45, 2.75) is 39.2 Å². The van der Waals surface area contributed by atoms with Crippen LogP contribution >= 0.6 is 0 Å². The third-order valence-corrected chi connectivity index (χ3v) is 4.91. The van der Waals surface area contributed by atoms with Gasteiger partial charge in [0.25, 0.3) is 0 Å². The van der Waals surface area contributed by atoms with E-state index in [0.29, 0.717) is 0 Å². The lowest BCUT2D eigenvalue weighted by atomic mass is 9.69. The summed E-state index contributed by atoms with van der Waals surface area (Å²) in [5, 5.41) is 29.9. The molecule has 0 bridgehead atoms. The molecule has 0 radical (unpaired) electrons. The molecule has 3 N–H and O–H groups in total. The number of carboxylic acid groups (broad SMARTS) is 2. The van der Waals surface area contributed by atoms with Crippen molar-refractivity contribution in [1.82, 2.24) is 0 Å². The lowest BCUT2D eigenvalue weighted by molar-refractivity contribution is -0.160. The maximum absolute atomic E-state index is 12.3. The van der Waals surface area contributed by atoms with Gasteiger partial charge in [0, 0.05) is 0 Å². The Kier molecular flexibility index (Phi) is 4.99. The van der Waals surface area contributed by atoms with Crippen molar-refractivity contribution in [3.05, 3.63) is 69.8 Å². The molecule has 2 aromatic carbocycles. The fraction of sp³-hybridized carbons (Fsp3) is 0.300. The van der Waals surface area contributed by atoms with Gasteiger partial charge in [0.2, 0.25) is 0 Å². The number of aliphatic carboxylic acids is 2. The first kappa shape index (κ1) is 18.7. The molecule has 5 heteroatoms. The van der Waals surface area contributed by atoms with E-state index in [1.807, 2.05) is 27.7 Å². The number of hydrogen-bond acceptors (Lipinski definition) is 3. The minimum Gasteiger partial charge on any atom is -0.480 e. The first-order chi connectivity index (χ1) is 11.6. The first-order valence-electron chi connectivity index (χ1n) is 7.92. The molecule has 0 spiro atoms. The van der Waals surface area contributed by atoms with Gasteiger partial charge in [0.05, 0.1) is 0 Å². The molecule has 0 saturated carbocycles. The number of aliphatic hydroxyl groups is 1. The molecule has 0 amide bonds. The number of carbonyl (C=O) groups is 2. The van der Waals surface area contributed by atoms with E-state index in [4.69, 9.17) is 0 Å². The van der Waals surface area contributed by atoms with E-state index in [1.54, 1.807) is 36.4 Å². The number of hydrogen-bond donors (Lipinski definition) is 3. The molecule has 0 aliphatic carbocycles. The zero-order chi connectivity index (χ0) is 18.9. The fourth-order valence-corrected chi connectivity index (χ4v) is 3.00. The molecule has 132 valence electrons. The Morgan fingerprint density at radius 1 is 0.800 bits per heavy atom. The average Bonchev–Trinajstić information content (AvgIpc) is 2.54. The molecule has 0 saturated heterocycles. The quantitative estimate of drug-likeness (QED) is 0.777. The molecule has 2 rings (SSSR count). The standard InChI is InChI=1S/C20H22O5/c1-11-5-7-15(9-13(11)3)20(19(24)25,17(21)18(22)23)16-8-6-12(2)14(4)10-16/h5-10,17,21H,1-4H3,(H,22,23)(H,24,25). The normalized spacial score (nSPS) is 12.7. The van der Waals surface area contributed by atoms with Gasteiger partial charge in [-0.15, -0.1) is 0 Å². The Morgan fingerprint density at radius 3 is 1.48 bits per heavy atom. The topological polar surface area (TPSA) is 94.8 Å². The Balaban J connectivity index is 2.89. The molecule has 2 aromatic rings. The number of aliphatic hydroxyl groups excluding tert-OH is 1. The Bertz CT molecular complexity index is 786. The van der Waals surface area contributed by atoms with Crippen molar-refractivity contribution in [2.75, 3.05) is 0 Å². The van der Waals surface area contributed by atoms with Crippen molar-refractivity contribution in [3.8, 4) is 0 Å². The highest BCUT2D eigenvalue weighted by atomic mass is 16.4. The van der Waals surface area contributed by atoms with E-state index in [9.17, 15) is 24.9 Å². The average molecular weight is 342 g/mol. The molecule has 0 fully saturated rings. The second-order valence-corrected chi connectivity index (χ2v) is 6.45. The fourth-order valence-electron chi connectivity index (χ4n) is 3.00. The van der Waals surface area contributed by atoms with Crippen LogP contribution in [0.25, 0.3) is 0 Å². The molecule has 0 aliphatic rings. The van der Waals surface area contributed by atoms with Crippen LogP contribution in [0.3, 0.4) is 0 Å². The minimum absolute atomic E-state index is 0.237. The summed E-state index contributed by atoms with van der Waals surface area (Å²) in [4.78, 5) is 23.9. The zero-order valence-corrected chi connectivity index (χ0v) is 14.7. The number of aryl methyl sites for hydroxylation is 4. The van der Waals surface area contributed by atoms with Gasteiger partial charge in [-0.2, -0.15) is 0 Å². The van der Waals surface area contributed by atoms with E-state index in [2.05, 4.69) is 0 Å². The third kappa shape index (κ3) is 3.03. The van der Waals surface area contributed by atoms with Gasteiger partial charge in [-0.25, -0.2) is 4.79 Å². The monoisotopic (exact) mass is 342 g/mol. The highest BCUT2D eigenvalue weighted by molar-refractivity contribution is 5.94. The van der Waals surface area contributed by atoms with E-state index < -0.39 is 23.5 Å². The Hall–Kier alpha value is -2.66. The van der Waals surface area contributed by atoms with Gasteiger partial charge in [-0.3, -0.25) is 4.79 Å². The second kappa shape index (κ2) is 6.69. The lowest BCUT2D eigenvalue weighted by Crippen LogP contribution is -2.51. The predicted octanol–water partition coefficient (Wildman–Crippen LogP) is 2.74. The van der Waals surface area contributed by atoms with Crippen LogP contribution in [0.15, 0.2) is 36.4 Å². The maximum atomic E-state index is 12.3. The maximum Gasteiger partial charge on any atom is 0.334 e. The SMILES string of the molecule is Cc1ccc(C(C(=O)O)(c2ccc(C)c(C)c2)C(O)C(=O)O)cc1C. The van der Waals surface area contributed by atoms with Gasteiger partial charge in [-0.1, -0.05) is 36.4 Å². The minimum atomic E-state index is -2.13. The Labute approximate surface area is 146 Å². The molecule has 0 aromatic heterocycles. The Morgan fingerprint density at radius 2 is 1.20 bits per heavy atom. The first-order valence-corrected chi connectivity index (χ1v) is 7.92. The number of benzene rings is 2. The van der Waals surface area contributed by atoms with Gasteiger partial charge in [-0.05, 0) is 61.1 Å². The predicted molar refractivity (Wildman–Crippen MR) is 93.9 cm³/mol. The number of rotatable bonds is 5. The van der Waals surface area contributed by atoms with Crippen LogP contribution < -0.4 is 0 Å². The summed E-state index contributed by atoms with van der Waals surface area (Å²) >= 11 is 0. The summed E-state index contributed by atoms with van der Waals surface area (Å²) < 4.78 is 0. The van der Waals surface area contributed by atoms with Gasteiger partial charge < -0.3 is 15.3 Å². The molecule has 0 heterocycles. The second-order valence-electron chi connectivity index (χ2n) is 6.45. The van der Waals surface area contributed by atoms with Crippen molar-refractivity contribution in [2.24, 2.45) is 0 Å². The molecule has 1 atom stereocenters. The summed E-state index contributed by atoms with van der Waals surface area (Å²) in [6.45, 7) is 7.40. The summed E-state index contributed by atoms with van der Waals surface area (Å²) in [6, 6.07) is 9.86. The molecule has 25 heavy (non-hydrogen) atoms.